The molecule has 1 aromatic carbocycles. The number of rotatable bonds is 4. The summed E-state index contributed by atoms with van der Waals surface area (Å²) in [5.41, 5.74) is -0.213. The van der Waals surface area contributed by atoms with Crippen LogP contribution in [-0.4, -0.2) is 57.3 Å². The van der Waals surface area contributed by atoms with Gasteiger partial charge >= 0.3 is 0 Å². The SMILES string of the molecule is CC1CN(C(=O)C2CN(c3ccc(C#N)nn3)CC2c2ccc(Cl)cn2)CC(C)C1(O)c1ccc(F)c(F)c1. The van der Waals surface area contributed by atoms with E-state index in [1.807, 2.05) is 30.9 Å². The second-order valence-electron chi connectivity index (χ2n) is 10.4. The van der Waals surface area contributed by atoms with Crippen molar-refractivity contribution in [1.29, 1.82) is 5.26 Å². The molecule has 2 fully saturated rings. The summed E-state index contributed by atoms with van der Waals surface area (Å²) < 4.78 is 27.6. The van der Waals surface area contributed by atoms with Gasteiger partial charge in [0.1, 0.15) is 6.07 Å². The Morgan fingerprint density at radius 3 is 2.38 bits per heavy atom. The number of carbonyl (C=O) groups is 1. The van der Waals surface area contributed by atoms with Gasteiger partial charge in [-0.05, 0) is 42.0 Å². The molecule has 11 heteroatoms. The number of piperidine rings is 1. The zero-order valence-electron chi connectivity index (χ0n) is 21.4. The van der Waals surface area contributed by atoms with E-state index in [0.717, 1.165) is 17.8 Å². The predicted molar refractivity (Wildman–Crippen MR) is 140 cm³/mol. The smallest absolute Gasteiger partial charge is 0.228 e. The third-order valence-electron chi connectivity index (χ3n) is 8.04. The Hall–Kier alpha value is -3.68. The summed E-state index contributed by atoms with van der Waals surface area (Å²) in [7, 11) is 0. The van der Waals surface area contributed by atoms with Crippen molar-refractivity contribution in [2.45, 2.75) is 25.4 Å². The molecule has 4 unspecified atom stereocenters. The molecule has 0 saturated carbocycles. The average Bonchev–Trinajstić information content (AvgIpc) is 3.38. The molecular weight excluding hydrogens is 526 g/mol. The van der Waals surface area contributed by atoms with Crippen molar-refractivity contribution in [3.63, 3.8) is 0 Å². The summed E-state index contributed by atoms with van der Waals surface area (Å²) in [5, 5.41) is 29.3. The van der Waals surface area contributed by atoms with Crippen molar-refractivity contribution in [1.82, 2.24) is 20.1 Å². The molecule has 39 heavy (non-hydrogen) atoms. The molecule has 3 aromatic rings. The van der Waals surface area contributed by atoms with Crippen molar-refractivity contribution in [2.75, 3.05) is 31.1 Å². The first-order chi connectivity index (χ1) is 18.6. The van der Waals surface area contributed by atoms with Crippen molar-refractivity contribution < 1.29 is 18.7 Å². The lowest BCUT2D eigenvalue weighted by Gasteiger charge is -2.48. The van der Waals surface area contributed by atoms with Crippen molar-refractivity contribution >= 4 is 23.3 Å². The van der Waals surface area contributed by atoms with Crippen LogP contribution in [0.15, 0.2) is 48.7 Å². The lowest BCUT2D eigenvalue weighted by atomic mass is 9.70. The maximum absolute atomic E-state index is 14.0. The number of benzene rings is 1. The number of aromatic nitrogens is 3. The second-order valence-corrected chi connectivity index (χ2v) is 10.8. The number of pyridine rings is 1. The zero-order valence-corrected chi connectivity index (χ0v) is 22.2. The highest BCUT2D eigenvalue weighted by molar-refractivity contribution is 6.30. The molecule has 0 bridgehead atoms. The van der Waals surface area contributed by atoms with E-state index < -0.39 is 35.0 Å². The number of hydrogen-bond acceptors (Lipinski definition) is 7. The van der Waals surface area contributed by atoms with Crippen molar-refractivity contribution in [3.8, 4) is 6.07 Å². The number of nitrogens with zero attached hydrogens (tertiary/aromatic N) is 6. The van der Waals surface area contributed by atoms with Crippen molar-refractivity contribution in [3.05, 3.63) is 82.3 Å². The Morgan fingerprint density at radius 1 is 1.05 bits per heavy atom. The third-order valence-corrected chi connectivity index (χ3v) is 8.26. The van der Waals surface area contributed by atoms with Crippen LogP contribution in [0.5, 0.6) is 0 Å². The summed E-state index contributed by atoms with van der Waals surface area (Å²) in [6, 6.07) is 12.2. The molecule has 4 atom stereocenters. The zero-order chi connectivity index (χ0) is 27.9. The molecule has 0 radical (unpaired) electrons. The number of hydrogen-bond donors (Lipinski definition) is 1. The number of carbonyl (C=O) groups excluding carboxylic acids is 1. The molecule has 4 heterocycles. The number of likely N-dealkylation sites (tertiary alicyclic amines) is 1. The normalized spacial score (nSPS) is 26.9. The fraction of sp³-hybridized carbons (Fsp3) is 0.393. The van der Waals surface area contributed by atoms with Crippen LogP contribution in [0.25, 0.3) is 0 Å². The van der Waals surface area contributed by atoms with E-state index in [9.17, 15) is 18.7 Å². The Labute approximate surface area is 229 Å². The van der Waals surface area contributed by atoms with E-state index in [1.54, 1.807) is 29.3 Å². The van der Waals surface area contributed by atoms with E-state index in [-0.39, 0.29) is 30.6 Å². The van der Waals surface area contributed by atoms with E-state index >= 15 is 0 Å². The standard InChI is InChI=1S/C28H27ClF2N6O2/c1-16-12-37(13-17(2)28(16,39)18-3-6-23(30)24(31)9-18)27(38)22-15-36(26-8-5-20(10-32)34-35-26)14-21(22)25-7-4-19(29)11-33-25/h3-9,11,16-17,21-22,39H,12-15H2,1-2H3. The highest BCUT2D eigenvalue weighted by atomic mass is 35.5. The highest BCUT2D eigenvalue weighted by Crippen LogP contribution is 2.43. The molecule has 0 spiro atoms. The molecule has 202 valence electrons. The molecule has 2 aliphatic rings. The topological polar surface area (TPSA) is 106 Å². The molecular formula is C28H27ClF2N6O2. The summed E-state index contributed by atoms with van der Waals surface area (Å²) in [6.07, 6.45) is 1.55. The van der Waals surface area contributed by atoms with Crippen LogP contribution in [-0.2, 0) is 10.4 Å². The van der Waals surface area contributed by atoms with Gasteiger partial charge in [0.05, 0.1) is 16.5 Å². The Morgan fingerprint density at radius 2 is 1.79 bits per heavy atom. The molecule has 2 aliphatic heterocycles. The molecule has 8 nitrogen and oxygen atoms in total. The number of halogens is 3. The lowest BCUT2D eigenvalue weighted by Crippen LogP contribution is -2.57. The minimum absolute atomic E-state index is 0.0908. The lowest BCUT2D eigenvalue weighted by molar-refractivity contribution is -0.152. The van der Waals surface area contributed by atoms with Gasteiger partial charge in [-0.25, -0.2) is 8.78 Å². The van der Waals surface area contributed by atoms with Crippen molar-refractivity contribution in [2.24, 2.45) is 17.8 Å². The first kappa shape index (κ1) is 26.9. The van der Waals surface area contributed by atoms with Crippen LogP contribution in [0.2, 0.25) is 5.02 Å². The van der Waals surface area contributed by atoms with Gasteiger partial charge in [-0.15, -0.1) is 10.2 Å². The minimum atomic E-state index is -1.43. The summed E-state index contributed by atoms with van der Waals surface area (Å²) in [4.78, 5) is 22.2. The molecule has 5 rings (SSSR count). The average molecular weight is 553 g/mol. The molecule has 2 aromatic heterocycles. The Bertz CT molecular complexity index is 1400. The van der Waals surface area contributed by atoms with Crippen LogP contribution in [0.4, 0.5) is 14.6 Å². The van der Waals surface area contributed by atoms with Gasteiger partial charge in [0, 0.05) is 55.8 Å². The third kappa shape index (κ3) is 4.92. The monoisotopic (exact) mass is 552 g/mol. The quantitative estimate of drug-likeness (QED) is 0.523. The summed E-state index contributed by atoms with van der Waals surface area (Å²) >= 11 is 6.06. The number of amides is 1. The molecule has 1 N–H and O–H groups in total. The van der Waals surface area contributed by atoms with Crippen LogP contribution in [0.3, 0.4) is 0 Å². The molecule has 2 saturated heterocycles. The van der Waals surface area contributed by atoms with E-state index in [0.29, 0.717) is 29.5 Å². The van der Waals surface area contributed by atoms with Gasteiger partial charge in [0.25, 0.3) is 0 Å². The largest absolute Gasteiger partial charge is 0.384 e. The summed E-state index contributed by atoms with van der Waals surface area (Å²) in [6.45, 7) is 4.93. The molecule has 1 amide bonds. The molecule has 0 aliphatic carbocycles. The van der Waals surface area contributed by atoms with Gasteiger partial charge in [0.15, 0.2) is 23.1 Å². The number of aliphatic hydroxyl groups is 1. The first-order valence-corrected chi connectivity index (χ1v) is 13.1. The predicted octanol–water partition coefficient (Wildman–Crippen LogP) is 3.90. The van der Waals surface area contributed by atoms with Crippen LogP contribution in [0, 0.1) is 40.7 Å². The maximum Gasteiger partial charge on any atom is 0.228 e. The number of anilines is 1. The van der Waals surface area contributed by atoms with Crippen LogP contribution >= 0.6 is 11.6 Å². The maximum atomic E-state index is 14.0. The van der Waals surface area contributed by atoms with Gasteiger partial charge in [-0.2, -0.15) is 5.26 Å². The summed E-state index contributed by atoms with van der Waals surface area (Å²) in [5.74, 6) is -3.14. The van der Waals surface area contributed by atoms with E-state index in [4.69, 9.17) is 16.9 Å². The number of nitriles is 1. The second kappa shape index (κ2) is 10.5. The van der Waals surface area contributed by atoms with Gasteiger partial charge in [0.2, 0.25) is 5.91 Å². The van der Waals surface area contributed by atoms with Gasteiger partial charge in [-0.1, -0.05) is 31.5 Å². The Balaban J connectivity index is 1.41. The highest BCUT2D eigenvalue weighted by Gasteiger charge is 2.49. The van der Waals surface area contributed by atoms with Crippen LogP contribution < -0.4 is 4.90 Å². The minimum Gasteiger partial charge on any atom is -0.384 e. The fourth-order valence-electron chi connectivity index (χ4n) is 5.93. The van der Waals surface area contributed by atoms with E-state index in [1.165, 1.54) is 6.07 Å². The first-order valence-electron chi connectivity index (χ1n) is 12.7. The van der Waals surface area contributed by atoms with Gasteiger partial charge in [-0.3, -0.25) is 9.78 Å². The Kier molecular flexibility index (Phi) is 7.23. The fourth-order valence-corrected chi connectivity index (χ4v) is 6.04. The van der Waals surface area contributed by atoms with Gasteiger partial charge < -0.3 is 14.9 Å². The van der Waals surface area contributed by atoms with E-state index in [2.05, 4.69) is 15.2 Å². The van der Waals surface area contributed by atoms with Crippen LogP contribution in [0.1, 0.15) is 36.7 Å².